The lowest BCUT2D eigenvalue weighted by Gasteiger charge is -2.20. The second-order valence-corrected chi connectivity index (χ2v) is 7.48. The van der Waals surface area contributed by atoms with Crippen LogP contribution in [0.2, 0.25) is 0 Å². The number of benzene rings is 1. The molecule has 0 unspecified atom stereocenters. The van der Waals surface area contributed by atoms with Crippen LogP contribution in [-0.2, 0) is 11.8 Å². The van der Waals surface area contributed by atoms with Gasteiger partial charge in [-0.3, -0.25) is 10.7 Å². The lowest BCUT2D eigenvalue weighted by Crippen LogP contribution is -2.38. The van der Waals surface area contributed by atoms with E-state index in [1.54, 1.807) is 0 Å². The quantitative estimate of drug-likeness (QED) is 0.138. The summed E-state index contributed by atoms with van der Waals surface area (Å²) in [4.78, 5) is 10.2. The fourth-order valence-corrected chi connectivity index (χ4v) is 2.74. The molecule has 3 aromatic rings. The Hall–Kier alpha value is -2.60. The maximum atomic E-state index is 13.7. The van der Waals surface area contributed by atoms with Gasteiger partial charge in [0.2, 0.25) is 11.7 Å². The van der Waals surface area contributed by atoms with E-state index in [1.807, 2.05) is 61.7 Å². The van der Waals surface area contributed by atoms with Crippen molar-refractivity contribution < 1.29 is 13.9 Å². The second-order valence-electron chi connectivity index (χ2n) is 7.48. The van der Waals surface area contributed by atoms with Gasteiger partial charge in [-0.1, -0.05) is 22.6 Å². The summed E-state index contributed by atoms with van der Waals surface area (Å²) in [5, 5.41) is 17.7. The number of nitrogens with zero attached hydrogens (tertiary/aromatic N) is 3. The zero-order valence-electron chi connectivity index (χ0n) is 19.2. The normalized spacial score (nSPS) is 10.5. The molecular weight excluding hydrogens is 526 g/mol. The lowest BCUT2D eigenvalue weighted by molar-refractivity contribution is 0.227. The molecule has 8 nitrogen and oxygen atoms in total. The summed E-state index contributed by atoms with van der Waals surface area (Å²) < 4.78 is 26.1. The Kier molecular flexibility index (Phi) is 10.7. The van der Waals surface area contributed by atoms with Crippen molar-refractivity contribution in [3.05, 3.63) is 42.0 Å². The number of halogens is 2. The molecule has 2 aromatic heterocycles. The number of alkyl halides is 1. The molecule has 174 valence electrons. The fourth-order valence-electron chi connectivity index (χ4n) is 2.74. The number of aromatic nitrogens is 3. The van der Waals surface area contributed by atoms with Gasteiger partial charge in [-0.2, -0.15) is 9.37 Å². The number of rotatable bonds is 5. The molecule has 2 heterocycles. The number of nitrogens with one attached hydrogen (secondary N) is 3. The molecule has 0 saturated heterocycles. The van der Waals surface area contributed by atoms with Crippen LogP contribution in [-0.4, -0.2) is 51.5 Å². The predicted octanol–water partition coefficient (Wildman–Crippen LogP) is 4.79. The van der Waals surface area contributed by atoms with E-state index in [0.29, 0.717) is 11.4 Å². The van der Waals surface area contributed by atoms with Gasteiger partial charge in [0.15, 0.2) is 5.82 Å². The molecule has 32 heavy (non-hydrogen) atoms. The van der Waals surface area contributed by atoms with Crippen molar-refractivity contribution in [1.82, 2.24) is 19.9 Å². The van der Waals surface area contributed by atoms with Crippen LogP contribution in [0.25, 0.3) is 22.3 Å². The van der Waals surface area contributed by atoms with Gasteiger partial charge < -0.3 is 19.5 Å². The zero-order valence-corrected chi connectivity index (χ0v) is 21.4. The van der Waals surface area contributed by atoms with Crippen LogP contribution >= 0.6 is 22.6 Å². The van der Waals surface area contributed by atoms with Crippen LogP contribution in [0.1, 0.15) is 26.3 Å². The number of methoxy groups -OCH3 is 1. The minimum Gasteiger partial charge on any atom is -0.479 e. The fraction of sp³-hybridized carbons (Fsp3) is 0.364. The summed E-state index contributed by atoms with van der Waals surface area (Å²) >= 11 is 2.15. The SMILES string of the molecule is C=N.CI.COc1nc(-c2cn(C)c3ccc(C(=N)OCNC(C)(C)C)cc23)ncc1F. The molecule has 0 aliphatic heterocycles. The first-order valence-corrected chi connectivity index (χ1v) is 11.7. The van der Waals surface area contributed by atoms with E-state index >= 15 is 0 Å². The number of hydrogen-bond acceptors (Lipinski definition) is 7. The molecule has 3 rings (SSSR count). The highest BCUT2D eigenvalue weighted by atomic mass is 127. The van der Waals surface area contributed by atoms with E-state index in [9.17, 15) is 4.39 Å². The van der Waals surface area contributed by atoms with E-state index in [4.69, 9.17) is 20.3 Å². The van der Waals surface area contributed by atoms with Gasteiger partial charge in [-0.05, 0) is 50.6 Å². The van der Waals surface area contributed by atoms with Gasteiger partial charge in [-0.15, -0.1) is 0 Å². The van der Waals surface area contributed by atoms with Crippen molar-refractivity contribution >= 4 is 46.1 Å². The van der Waals surface area contributed by atoms with Crippen molar-refractivity contribution in [1.29, 1.82) is 10.8 Å². The number of aryl methyl sites for hydroxylation is 1. The van der Waals surface area contributed by atoms with Gasteiger partial charge in [0.1, 0.15) is 6.73 Å². The average molecular weight is 556 g/mol. The first-order chi connectivity index (χ1) is 15.2. The Bertz CT molecular complexity index is 1050. The van der Waals surface area contributed by atoms with Crippen LogP contribution < -0.4 is 10.1 Å². The Balaban J connectivity index is 0.00000121. The molecule has 0 fully saturated rings. The van der Waals surface area contributed by atoms with Gasteiger partial charge in [0.05, 0.1) is 13.3 Å². The zero-order chi connectivity index (χ0) is 24.5. The summed E-state index contributed by atoms with van der Waals surface area (Å²) in [5.41, 5.74) is 2.18. The second kappa shape index (κ2) is 12.4. The van der Waals surface area contributed by atoms with Crippen LogP contribution in [0.5, 0.6) is 5.88 Å². The molecule has 0 radical (unpaired) electrons. The number of fused-ring (bicyclic) bond motifs is 1. The third-order valence-corrected chi connectivity index (χ3v) is 4.22. The smallest absolute Gasteiger partial charge is 0.253 e. The van der Waals surface area contributed by atoms with Gasteiger partial charge in [0, 0.05) is 40.8 Å². The molecule has 0 bridgehead atoms. The van der Waals surface area contributed by atoms with Crippen LogP contribution in [0.3, 0.4) is 0 Å². The summed E-state index contributed by atoms with van der Waals surface area (Å²) in [5.74, 6) is -0.315. The standard InChI is InChI=1S/C20H24FN5O2.CH3I.CH3N/c1-20(2,3)24-11-28-17(22)12-6-7-16-13(8-12)14(10-26(16)4)18-23-9-15(21)19(25-18)27-5;2*1-2/h6-10,22,24H,11H2,1-5H3;1H3;2H,1H2. The minimum absolute atomic E-state index is 0.0612. The molecule has 0 amide bonds. The van der Waals surface area contributed by atoms with Crippen molar-refractivity contribution in [3.8, 4) is 17.3 Å². The lowest BCUT2D eigenvalue weighted by atomic mass is 10.1. The first kappa shape index (κ1) is 27.4. The van der Waals surface area contributed by atoms with E-state index in [1.165, 1.54) is 7.11 Å². The van der Waals surface area contributed by atoms with E-state index in [-0.39, 0.29) is 24.0 Å². The number of ether oxygens (including phenoxy) is 2. The molecule has 0 saturated carbocycles. The van der Waals surface area contributed by atoms with E-state index < -0.39 is 5.82 Å². The Morgan fingerprint density at radius 3 is 2.53 bits per heavy atom. The maximum absolute atomic E-state index is 13.7. The first-order valence-electron chi connectivity index (χ1n) is 9.55. The van der Waals surface area contributed by atoms with Crippen molar-refractivity contribution in [2.24, 2.45) is 7.05 Å². The van der Waals surface area contributed by atoms with Crippen molar-refractivity contribution in [2.75, 3.05) is 18.8 Å². The maximum Gasteiger partial charge on any atom is 0.253 e. The Labute approximate surface area is 201 Å². The molecule has 0 spiro atoms. The summed E-state index contributed by atoms with van der Waals surface area (Å²) in [7, 11) is 3.27. The molecule has 0 aliphatic carbocycles. The van der Waals surface area contributed by atoms with Crippen molar-refractivity contribution in [3.63, 3.8) is 0 Å². The monoisotopic (exact) mass is 556 g/mol. The summed E-state index contributed by atoms with van der Waals surface area (Å²) in [6.07, 6.45) is 2.96. The van der Waals surface area contributed by atoms with Crippen LogP contribution in [0.4, 0.5) is 4.39 Å². The third kappa shape index (κ3) is 6.95. The van der Waals surface area contributed by atoms with Crippen LogP contribution in [0, 0.1) is 16.6 Å². The summed E-state index contributed by atoms with van der Waals surface area (Å²) in [6, 6.07) is 5.59. The molecule has 3 N–H and O–H groups in total. The predicted molar refractivity (Wildman–Crippen MR) is 136 cm³/mol. The van der Waals surface area contributed by atoms with Gasteiger partial charge >= 0.3 is 0 Å². The Morgan fingerprint density at radius 2 is 1.94 bits per heavy atom. The van der Waals surface area contributed by atoms with Gasteiger partial charge in [-0.25, -0.2) is 4.98 Å². The van der Waals surface area contributed by atoms with E-state index in [2.05, 4.69) is 44.6 Å². The third-order valence-electron chi connectivity index (χ3n) is 4.22. The van der Waals surface area contributed by atoms with Gasteiger partial charge in [0.25, 0.3) is 5.88 Å². The van der Waals surface area contributed by atoms with E-state index in [0.717, 1.165) is 22.7 Å². The Morgan fingerprint density at radius 1 is 1.28 bits per heavy atom. The molecule has 1 aromatic carbocycles. The number of hydrogen-bond donors (Lipinski definition) is 3. The minimum atomic E-state index is -0.617. The largest absolute Gasteiger partial charge is 0.479 e. The molecule has 0 aliphatic rings. The highest BCUT2D eigenvalue weighted by Crippen LogP contribution is 2.30. The topological polar surface area (TPSA) is 109 Å². The molecule has 0 atom stereocenters. The highest BCUT2D eigenvalue weighted by molar-refractivity contribution is 14.1. The highest BCUT2D eigenvalue weighted by Gasteiger charge is 2.16. The average Bonchev–Trinajstić information content (AvgIpc) is 3.12. The van der Waals surface area contributed by atoms with Crippen molar-refractivity contribution in [2.45, 2.75) is 26.3 Å². The van der Waals surface area contributed by atoms with Crippen LogP contribution in [0.15, 0.2) is 30.6 Å². The molecular formula is C22H30FIN6O2. The molecule has 10 heteroatoms. The summed E-state index contributed by atoms with van der Waals surface area (Å²) in [6.45, 7) is 8.82.